The largest absolute Gasteiger partial charge is 0.324 e. The van der Waals surface area contributed by atoms with Crippen molar-refractivity contribution in [1.82, 2.24) is 5.32 Å². The Bertz CT molecular complexity index is 476. The number of amides is 1. The first kappa shape index (κ1) is 15.5. The highest BCUT2D eigenvalue weighted by atomic mass is 79.9. The summed E-state index contributed by atoms with van der Waals surface area (Å²) in [5.74, 6) is 0.766. The van der Waals surface area contributed by atoms with Gasteiger partial charge in [0.2, 0.25) is 5.91 Å². The van der Waals surface area contributed by atoms with Crippen LogP contribution in [0.3, 0.4) is 0 Å². The molecule has 1 aromatic rings. The lowest BCUT2D eigenvalue weighted by atomic mass is 9.90. The van der Waals surface area contributed by atoms with Crippen molar-refractivity contribution in [2.45, 2.75) is 45.6 Å². The molecule has 2 N–H and O–H groups in total. The standard InChI is InChI=1S/C16H23BrN2O/c1-3-11-7-8-18-15(9-11)16(20)19-14-6-5-13(17)10-12(14)4-2/h5-6,10-11,15,18H,3-4,7-9H2,1-2H3,(H,19,20). The molecule has 0 spiro atoms. The highest BCUT2D eigenvalue weighted by Crippen LogP contribution is 2.24. The smallest absolute Gasteiger partial charge is 0.241 e. The molecule has 1 amide bonds. The predicted molar refractivity (Wildman–Crippen MR) is 87.0 cm³/mol. The van der Waals surface area contributed by atoms with E-state index in [0.29, 0.717) is 5.92 Å². The van der Waals surface area contributed by atoms with Gasteiger partial charge in [0.05, 0.1) is 6.04 Å². The molecule has 0 aromatic heterocycles. The summed E-state index contributed by atoms with van der Waals surface area (Å²) in [5.41, 5.74) is 2.09. The van der Waals surface area contributed by atoms with Crippen LogP contribution in [0.4, 0.5) is 5.69 Å². The summed E-state index contributed by atoms with van der Waals surface area (Å²) in [4.78, 5) is 12.4. The number of carbonyl (C=O) groups excluding carboxylic acids is 1. The monoisotopic (exact) mass is 338 g/mol. The molecule has 4 heteroatoms. The van der Waals surface area contributed by atoms with Gasteiger partial charge >= 0.3 is 0 Å². The first-order valence-electron chi connectivity index (χ1n) is 7.46. The molecule has 2 rings (SSSR count). The van der Waals surface area contributed by atoms with Crippen LogP contribution in [0.2, 0.25) is 0 Å². The Labute approximate surface area is 129 Å². The van der Waals surface area contributed by atoms with E-state index in [-0.39, 0.29) is 11.9 Å². The Morgan fingerprint density at radius 3 is 2.95 bits per heavy atom. The van der Waals surface area contributed by atoms with E-state index in [0.717, 1.165) is 41.5 Å². The second-order valence-electron chi connectivity index (χ2n) is 5.45. The molecule has 0 radical (unpaired) electrons. The molecule has 2 atom stereocenters. The van der Waals surface area contributed by atoms with Gasteiger partial charge in [-0.15, -0.1) is 0 Å². The maximum Gasteiger partial charge on any atom is 0.241 e. The highest BCUT2D eigenvalue weighted by molar-refractivity contribution is 9.10. The van der Waals surface area contributed by atoms with Crippen LogP contribution in [0.5, 0.6) is 0 Å². The SMILES string of the molecule is CCc1cc(Br)ccc1NC(=O)C1CC(CC)CCN1. The molecule has 1 fully saturated rings. The number of piperidine rings is 1. The van der Waals surface area contributed by atoms with Crippen LogP contribution in [0, 0.1) is 5.92 Å². The van der Waals surface area contributed by atoms with Gasteiger partial charge in [-0.25, -0.2) is 0 Å². The van der Waals surface area contributed by atoms with Crippen LogP contribution in [-0.4, -0.2) is 18.5 Å². The zero-order valence-electron chi connectivity index (χ0n) is 12.2. The van der Waals surface area contributed by atoms with Gasteiger partial charge in [0.25, 0.3) is 0 Å². The van der Waals surface area contributed by atoms with E-state index in [4.69, 9.17) is 0 Å². The molecule has 1 heterocycles. The number of halogens is 1. The highest BCUT2D eigenvalue weighted by Gasteiger charge is 2.26. The minimum absolute atomic E-state index is 0.0537. The maximum absolute atomic E-state index is 12.4. The predicted octanol–water partition coefficient (Wildman–Crippen LogP) is 3.73. The van der Waals surface area contributed by atoms with Gasteiger partial charge in [-0.3, -0.25) is 4.79 Å². The van der Waals surface area contributed by atoms with E-state index in [1.165, 1.54) is 6.42 Å². The van der Waals surface area contributed by atoms with E-state index in [9.17, 15) is 4.79 Å². The number of benzene rings is 1. The molecule has 1 aliphatic heterocycles. The molecule has 1 saturated heterocycles. The van der Waals surface area contributed by atoms with Gasteiger partial charge in [0, 0.05) is 10.2 Å². The molecule has 1 aromatic carbocycles. The topological polar surface area (TPSA) is 41.1 Å². The average molecular weight is 339 g/mol. The summed E-state index contributed by atoms with van der Waals surface area (Å²) in [6, 6.07) is 5.96. The van der Waals surface area contributed by atoms with Crippen molar-refractivity contribution >= 4 is 27.5 Å². The number of anilines is 1. The lowest BCUT2D eigenvalue weighted by Gasteiger charge is -2.29. The molecular weight excluding hydrogens is 316 g/mol. The average Bonchev–Trinajstić information content (AvgIpc) is 2.49. The van der Waals surface area contributed by atoms with Crippen molar-refractivity contribution in [2.24, 2.45) is 5.92 Å². The number of aryl methyl sites for hydroxylation is 1. The van der Waals surface area contributed by atoms with E-state index in [1.807, 2.05) is 12.1 Å². The zero-order valence-corrected chi connectivity index (χ0v) is 13.8. The summed E-state index contributed by atoms with van der Waals surface area (Å²) in [5, 5.41) is 6.41. The fourth-order valence-corrected chi connectivity index (χ4v) is 3.17. The number of hydrogen-bond donors (Lipinski definition) is 2. The van der Waals surface area contributed by atoms with Gasteiger partial charge < -0.3 is 10.6 Å². The number of rotatable bonds is 4. The van der Waals surface area contributed by atoms with Gasteiger partial charge in [0.1, 0.15) is 0 Å². The van der Waals surface area contributed by atoms with Crippen LogP contribution in [-0.2, 0) is 11.2 Å². The third-order valence-electron chi connectivity index (χ3n) is 4.11. The van der Waals surface area contributed by atoms with E-state index < -0.39 is 0 Å². The van der Waals surface area contributed by atoms with Crippen LogP contribution >= 0.6 is 15.9 Å². The second-order valence-corrected chi connectivity index (χ2v) is 6.37. The summed E-state index contributed by atoms with van der Waals surface area (Å²) in [6.07, 6.45) is 4.19. The summed E-state index contributed by atoms with van der Waals surface area (Å²) in [6.45, 7) is 5.25. The van der Waals surface area contributed by atoms with Gasteiger partial charge in [-0.2, -0.15) is 0 Å². The molecular formula is C16H23BrN2O. The Morgan fingerprint density at radius 1 is 1.45 bits per heavy atom. The summed E-state index contributed by atoms with van der Waals surface area (Å²) in [7, 11) is 0. The fraction of sp³-hybridized carbons (Fsp3) is 0.562. The Balaban J connectivity index is 2.04. The van der Waals surface area contributed by atoms with Gasteiger partial charge in [-0.05, 0) is 55.5 Å². The van der Waals surface area contributed by atoms with E-state index in [2.05, 4.69) is 46.5 Å². The summed E-state index contributed by atoms with van der Waals surface area (Å²) >= 11 is 3.47. The Kier molecular flexibility index (Phi) is 5.61. The zero-order chi connectivity index (χ0) is 14.5. The normalized spacial score (nSPS) is 22.6. The quantitative estimate of drug-likeness (QED) is 0.878. The first-order valence-corrected chi connectivity index (χ1v) is 8.26. The molecule has 0 aliphatic carbocycles. The lowest BCUT2D eigenvalue weighted by Crippen LogP contribution is -2.46. The summed E-state index contributed by atoms with van der Waals surface area (Å²) < 4.78 is 1.05. The van der Waals surface area contributed by atoms with Crippen LogP contribution < -0.4 is 10.6 Å². The van der Waals surface area contributed by atoms with Crippen molar-refractivity contribution < 1.29 is 4.79 Å². The molecule has 0 saturated carbocycles. The van der Waals surface area contributed by atoms with E-state index >= 15 is 0 Å². The minimum Gasteiger partial charge on any atom is -0.324 e. The Morgan fingerprint density at radius 2 is 2.25 bits per heavy atom. The van der Waals surface area contributed by atoms with Crippen LogP contribution in [0.1, 0.15) is 38.7 Å². The van der Waals surface area contributed by atoms with Crippen LogP contribution in [0.25, 0.3) is 0 Å². The number of carbonyl (C=O) groups is 1. The molecule has 1 aliphatic rings. The lowest BCUT2D eigenvalue weighted by molar-refractivity contribution is -0.119. The van der Waals surface area contributed by atoms with E-state index in [1.54, 1.807) is 0 Å². The Hall–Kier alpha value is -0.870. The molecule has 2 unspecified atom stereocenters. The minimum atomic E-state index is -0.0537. The fourth-order valence-electron chi connectivity index (χ4n) is 2.76. The first-order chi connectivity index (χ1) is 9.63. The molecule has 0 bridgehead atoms. The number of hydrogen-bond acceptors (Lipinski definition) is 2. The second kappa shape index (κ2) is 7.23. The van der Waals surface area contributed by atoms with Gasteiger partial charge in [0.15, 0.2) is 0 Å². The van der Waals surface area contributed by atoms with Crippen LogP contribution in [0.15, 0.2) is 22.7 Å². The van der Waals surface area contributed by atoms with Crippen molar-refractivity contribution in [3.05, 3.63) is 28.2 Å². The number of nitrogens with one attached hydrogen (secondary N) is 2. The van der Waals surface area contributed by atoms with Crippen molar-refractivity contribution in [3.8, 4) is 0 Å². The van der Waals surface area contributed by atoms with Gasteiger partial charge in [-0.1, -0.05) is 36.2 Å². The maximum atomic E-state index is 12.4. The molecule has 110 valence electrons. The third-order valence-corrected chi connectivity index (χ3v) is 4.61. The van der Waals surface area contributed by atoms with Crippen molar-refractivity contribution in [2.75, 3.05) is 11.9 Å². The molecule has 3 nitrogen and oxygen atoms in total. The molecule has 20 heavy (non-hydrogen) atoms. The van der Waals surface area contributed by atoms with Crippen molar-refractivity contribution in [1.29, 1.82) is 0 Å². The van der Waals surface area contributed by atoms with Crippen molar-refractivity contribution in [3.63, 3.8) is 0 Å². The third kappa shape index (κ3) is 3.83.